The molecule has 1 fully saturated rings. The van der Waals surface area contributed by atoms with Crippen LogP contribution in [0.3, 0.4) is 0 Å². The third-order valence-corrected chi connectivity index (χ3v) is 7.98. The summed E-state index contributed by atoms with van der Waals surface area (Å²) in [7, 11) is 0. The van der Waals surface area contributed by atoms with Gasteiger partial charge in [0, 0.05) is 25.2 Å². The van der Waals surface area contributed by atoms with E-state index in [9.17, 15) is 58.0 Å². The molecule has 1 aromatic carbocycles. The van der Waals surface area contributed by atoms with Gasteiger partial charge in [0.2, 0.25) is 5.91 Å². The van der Waals surface area contributed by atoms with Gasteiger partial charge >= 0.3 is 18.1 Å². The highest BCUT2D eigenvalue weighted by Crippen LogP contribution is 2.36. The maximum absolute atomic E-state index is 13.2. The maximum atomic E-state index is 13.2. The van der Waals surface area contributed by atoms with Crippen molar-refractivity contribution in [3.05, 3.63) is 74.4 Å². The topological polar surface area (TPSA) is 236 Å². The molecule has 0 spiro atoms. The van der Waals surface area contributed by atoms with Crippen LogP contribution in [0.5, 0.6) is 5.75 Å². The van der Waals surface area contributed by atoms with E-state index < -0.39 is 89.8 Å². The summed E-state index contributed by atoms with van der Waals surface area (Å²) in [5.41, 5.74) is -0.970. The zero-order chi connectivity index (χ0) is 40.3. The van der Waals surface area contributed by atoms with Gasteiger partial charge in [-0.2, -0.15) is 13.2 Å². The van der Waals surface area contributed by atoms with Crippen LogP contribution in [0.1, 0.15) is 70.8 Å². The Hall–Kier alpha value is -4.98. The van der Waals surface area contributed by atoms with Crippen LogP contribution < -0.4 is 10.1 Å². The molecule has 0 aliphatic heterocycles. The highest BCUT2D eigenvalue weighted by Gasteiger charge is 2.39. The Morgan fingerprint density at radius 2 is 1.74 bits per heavy atom. The van der Waals surface area contributed by atoms with Gasteiger partial charge in [0.1, 0.15) is 31.6 Å². The lowest BCUT2D eigenvalue weighted by molar-refractivity contribution is -0.790. The minimum atomic E-state index is -4.64. The highest BCUT2D eigenvalue weighted by atomic mass is 19.4. The first kappa shape index (κ1) is 45.2. The Bertz CT molecular complexity index is 1440. The summed E-state index contributed by atoms with van der Waals surface area (Å²) in [6.45, 7) is 1.65. The van der Waals surface area contributed by atoms with Crippen molar-refractivity contribution in [3.63, 3.8) is 0 Å². The second-order valence-corrected chi connectivity index (χ2v) is 12.6. The lowest BCUT2D eigenvalue weighted by atomic mass is 9.89. The van der Waals surface area contributed by atoms with Gasteiger partial charge < -0.3 is 39.4 Å². The van der Waals surface area contributed by atoms with E-state index in [1.165, 1.54) is 18.2 Å². The van der Waals surface area contributed by atoms with Crippen molar-refractivity contribution in [2.24, 2.45) is 11.8 Å². The van der Waals surface area contributed by atoms with Crippen LogP contribution in [0.4, 0.5) is 13.2 Å². The van der Waals surface area contributed by atoms with Crippen molar-refractivity contribution in [1.29, 1.82) is 0 Å². The predicted octanol–water partition coefficient (Wildman–Crippen LogP) is 4.05. The average Bonchev–Trinajstić information content (AvgIpc) is 3.35. The number of carbonyl (C=O) groups excluding carboxylic acids is 3. The van der Waals surface area contributed by atoms with Crippen LogP contribution in [0, 0.1) is 32.1 Å². The number of allylic oxidation sites excluding steroid dienone is 2. The fraction of sp³-hybridized carbons (Fsp3) is 0.618. The average molecular weight is 778 g/mol. The monoisotopic (exact) mass is 777 g/mol. The molecule has 2 rings (SSSR count). The summed E-state index contributed by atoms with van der Waals surface area (Å²) < 4.78 is 55.8. The van der Waals surface area contributed by atoms with Gasteiger partial charge in [0.15, 0.2) is 6.10 Å². The smallest absolute Gasteiger partial charge is 0.416 e. The molecule has 0 heterocycles. The number of amides is 1. The van der Waals surface area contributed by atoms with Crippen molar-refractivity contribution in [2.45, 2.75) is 102 Å². The fourth-order valence-electron chi connectivity index (χ4n) is 5.48. The fourth-order valence-corrected chi connectivity index (χ4v) is 5.48. The first-order valence-corrected chi connectivity index (χ1v) is 17.2. The second kappa shape index (κ2) is 22.9. The van der Waals surface area contributed by atoms with E-state index in [2.05, 4.69) is 15.0 Å². The Kier molecular flexibility index (Phi) is 19.2. The molecular formula is C34H46F3N3O14. The van der Waals surface area contributed by atoms with E-state index in [4.69, 9.17) is 14.2 Å². The Labute approximate surface area is 308 Å². The molecule has 0 bridgehead atoms. The summed E-state index contributed by atoms with van der Waals surface area (Å²) in [6.07, 6.45) is -1.31. The number of hydrogen-bond donors (Lipinski definition) is 3. The van der Waals surface area contributed by atoms with Gasteiger partial charge in [-0.15, -0.1) is 20.2 Å². The van der Waals surface area contributed by atoms with Crippen LogP contribution >= 0.6 is 0 Å². The van der Waals surface area contributed by atoms with Gasteiger partial charge in [0.25, 0.3) is 10.2 Å². The largest absolute Gasteiger partial charge is 0.489 e. The first-order valence-electron chi connectivity index (χ1n) is 17.2. The van der Waals surface area contributed by atoms with E-state index in [0.717, 1.165) is 18.2 Å². The molecule has 1 unspecified atom stereocenters. The molecule has 17 nitrogen and oxygen atoms in total. The molecule has 1 aliphatic rings. The zero-order valence-electron chi connectivity index (χ0n) is 29.8. The van der Waals surface area contributed by atoms with Crippen LogP contribution in [0.15, 0.2) is 48.6 Å². The van der Waals surface area contributed by atoms with Crippen molar-refractivity contribution in [3.8, 4) is 5.75 Å². The van der Waals surface area contributed by atoms with Crippen molar-refractivity contribution in [1.82, 2.24) is 5.32 Å². The molecule has 54 heavy (non-hydrogen) atoms. The Morgan fingerprint density at radius 1 is 1.00 bits per heavy atom. The van der Waals surface area contributed by atoms with Gasteiger partial charge in [0.05, 0.1) is 23.9 Å². The first-order chi connectivity index (χ1) is 25.4. The summed E-state index contributed by atoms with van der Waals surface area (Å²) in [5, 5.41) is 42.3. The van der Waals surface area contributed by atoms with E-state index in [1.807, 2.05) is 12.2 Å². The summed E-state index contributed by atoms with van der Waals surface area (Å²) >= 11 is 0. The SMILES string of the molecule is CC(C)OC(=O)CCC/C=C\C[C@@H]1[C@@H](/C=C/[C@H](COc2cccc(C(F)(F)F)c2)OC(=O)CNC(=O)CCCC(CO[N+](=O)[O-])O[N+](=O)[O-])[C@H](O)C[C@@H]1O. The number of hydrogen-bond acceptors (Lipinski definition) is 14. The number of carbonyl (C=O) groups is 3. The van der Waals surface area contributed by atoms with Crippen molar-refractivity contribution < 1.29 is 71.8 Å². The molecule has 1 saturated carbocycles. The number of halogens is 3. The summed E-state index contributed by atoms with van der Waals surface area (Å²) in [4.78, 5) is 66.1. The van der Waals surface area contributed by atoms with Gasteiger partial charge in [-0.1, -0.05) is 24.3 Å². The third kappa shape index (κ3) is 18.2. The van der Waals surface area contributed by atoms with E-state index >= 15 is 0 Å². The Balaban J connectivity index is 2.05. The molecule has 20 heteroatoms. The highest BCUT2D eigenvalue weighted by molar-refractivity contribution is 5.81. The Morgan fingerprint density at radius 3 is 2.41 bits per heavy atom. The molecule has 0 saturated heterocycles. The van der Waals surface area contributed by atoms with Crippen LogP contribution in [-0.4, -0.2) is 88.5 Å². The standard InChI is InChI=1S/C34H46F3N3O14/c1-22(2)52-32(44)14-6-4-3-5-12-27-28(30(42)18-29(27)41)16-15-25(20-50-24-10-7-9-23(17-24)34(35,36)37)53-33(45)19-38-31(43)13-8-11-26(54-40(48)49)21-51-39(46)47/h3,5,7,9-10,15-17,22,25-30,41-42H,4,6,8,11-14,18-21H2,1-2H3,(H,38,43)/b5-3-,16-15+/t25-,26?,27-,28-,29+,30-/m1/s1. The number of rotatable bonds is 24. The second-order valence-electron chi connectivity index (χ2n) is 12.6. The van der Waals surface area contributed by atoms with Gasteiger partial charge in [-0.05, 0) is 76.1 Å². The minimum Gasteiger partial charge on any atom is -0.489 e. The maximum Gasteiger partial charge on any atom is 0.416 e. The molecular weight excluding hydrogens is 731 g/mol. The van der Waals surface area contributed by atoms with Crippen molar-refractivity contribution in [2.75, 3.05) is 19.8 Å². The number of aliphatic hydroxyl groups is 2. The zero-order valence-corrected chi connectivity index (χ0v) is 29.8. The van der Waals surface area contributed by atoms with E-state index in [-0.39, 0.29) is 49.9 Å². The number of alkyl halides is 3. The summed E-state index contributed by atoms with van der Waals surface area (Å²) in [5.74, 6) is -3.18. The van der Waals surface area contributed by atoms with E-state index in [0.29, 0.717) is 19.3 Å². The lowest BCUT2D eigenvalue weighted by Gasteiger charge is -2.21. The quantitative estimate of drug-likeness (QED) is 0.0442. The van der Waals surface area contributed by atoms with Crippen LogP contribution in [-0.2, 0) is 39.7 Å². The molecule has 3 N–H and O–H groups in total. The number of ether oxygens (including phenoxy) is 3. The number of aliphatic hydroxyl groups excluding tert-OH is 2. The van der Waals surface area contributed by atoms with Gasteiger partial charge in [-0.25, -0.2) is 0 Å². The van der Waals surface area contributed by atoms with E-state index in [1.54, 1.807) is 13.8 Å². The molecule has 6 atom stereocenters. The van der Waals surface area contributed by atoms with Gasteiger partial charge in [-0.3, -0.25) is 14.4 Å². The lowest BCUT2D eigenvalue weighted by Crippen LogP contribution is -2.34. The number of unbranched alkanes of at least 4 members (excludes halogenated alkanes) is 1. The number of nitrogens with one attached hydrogen (secondary N) is 1. The molecule has 0 aromatic heterocycles. The van der Waals surface area contributed by atoms with Crippen LogP contribution in [0.2, 0.25) is 0 Å². The molecule has 1 aromatic rings. The van der Waals surface area contributed by atoms with Crippen molar-refractivity contribution >= 4 is 17.8 Å². The summed E-state index contributed by atoms with van der Waals surface area (Å²) in [6, 6.07) is 4.03. The van der Waals surface area contributed by atoms with Crippen LogP contribution in [0.25, 0.3) is 0 Å². The molecule has 1 amide bonds. The number of benzene rings is 1. The third-order valence-electron chi connectivity index (χ3n) is 7.98. The molecule has 0 radical (unpaired) electrons. The predicted molar refractivity (Wildman–Crippen MR) is 180 cm³/mol. The molecule has 302 valence electrons. The number of esters is 2. The molecule has 1 aliphatic carbocycles. The minimum absolute atomic E-state index is 0.0322. The normalized spacial score (nSPS) is 19.7. The number of nitrogens with zero attached hydrogens (tertiary/aromatic N) is 2.